The quantitative estimate of drug-likeness (QED) is 0.125. The van der Waals surface area contributed by atoms with Gasteiger partial charge in [0.25, 0.3) is 0 Å². The maximum absolute atomic E-state index is 14.4. The number of esters is 2. The van der Waals surface area contributed by atoms with Gasteiger partial charge in [-0.25, -0.2) is 9.59 Å². The van der Waals surface area contributed by atoms with Gasteiger partial charge in [-0.3, -0.25) is 9.59 Å². The Bertz CT molecular complexity index is 2070. The summed E-state index contributed by atoms with van der Waals surface area (Å²) in [6.07, 6.45) is -3.72. The summed E-state index contributed by atoms with van der Waals surface area (Å²) in [6.45, 7) is -2.01. The van der Waals surface area contributed by atoms with Crippen LogP contribution in [0.25, 0.3) is 6.08 Å². The monoisotopic (exact) mass is 798 g/mol. The van der Waals surface area contributed by atoms with Crippen molar-refractivity contribution < 1.29 is 56.4 Å². The van der Waals surface area contributed by atoms with Crippen LogP contribution in [0.4, 0.5) is 13.2 Å². The lowest BCUT2D eigenvalue weighted by molar-refractivity contribution is -0.182. The van der Waals surface area contributed by atoms with Crippen LogP contribution in [-0.2, 0) is 45.5 Å². The fourth-order valence-electron chi connectivity index (χ4n) is 6.79. The molecule has 0 aromatic heterocycles. The van der Waals surface area contributed by atoms with Gasteiger partial charge < -0.3 is 34.3 Å². The number of ether oxygens (including phenoxy) is 4. The third kappa shape index (κ3) is 10.1. The third-order valence-corrected chi connectivity index (χ3v) is 9.63. The van der Waals surface area contributed by atoms with Gasteiger partial charge in [0.1, 0.15) is 24.4 Å². The Kier molecular flexibility index (Phi) is 13.2. The molecule has 2 amide bonds. The number of benzene rings is 4. The van der Waals surface area contributed by atoms with E-state index >= 15 is 0 Å². The lowest BCUT2D eigenvalue weighted by Gasteiger charge is -2.33. The van der Waals surface area contributed by atoms with Gasteiger partial charge in [0.05, 0.1) is 12.2 Å². The largest absolute Gasteiger partial charge is 0.456 e. The molecule has 0 bridgehead atoms. The highest BCUT2D eigenvalue weighted by Gasteiger charge is 2.55. The lowest BCUT2D eigenvalue weighted by atomic mass is 9.90. The SMILES string of the molecule is CN(C(=O)C1=CC2OC(c3ccccc3)(c3ccccc3)OC2C(OC(=O)c2ccc(C=CC(=O)OCC(F)(F)F)cc2)C1)C(Cc1ccccc1)C(=O)NCCO. The van der Waals surface area contributed by atoms with Crippen LogP contribution in [0.5, 0.6) is 0 Å². The summed E-state index contributed by atoms with van der Waals surface area (Å²) in [7, 11) is 1.51. The molecule has 1 saturated heterocycles. The van der Waals surface area contributed by atoms with Crippen LogP contribution in [0, 0.1) is 0 Å². The third-order valence-electron chi connectivity index (χ3n) is 9.63. The van der Waals surface area contributed by atoms with E-state index in [1.165, 1.54) is 42.3 Å². The molecular weight excluding hydrogens is 757 g/mol. The van der Waals surface area contributed by atoms with E-state index in [0.717, 1.165) is 11.6 Å². The van der Waals surface area contributed by atoms with Gasteiger partial charge in [-0.2, -0.15) is 13.2 Å². The zero-order valence-corrected chi connectivity index (χ0v) is 31.3. The van der Waals surface area contributed by atoms with Crippen LogP contribution in [0.15, 0.2) is 133 Å². The van der Waals surface area contributed by atoms with E-state index in [-0.39, 0.29) is 37.1 Å². The summed E-state index contributed by atoms with van der Waals surface area (Å²) < 4.78 is 61.1. The summed E-state index contributed by atoms with van der Waals surface area (Å²) in [4.78, 5) is 54.7. The van der Waals surface area contributed by atoms with Crippen molar-refractivity contribution in [1.29, 1.82) is 0 Å². The van der Waals surface area contributed by atoms with E-state index < -0.39 is 66.7 Å². The number of hydrogen-bond acceptors (Lipinski definition) is 9. The molecule has 2 N–H and O–H groups in total. The first-order valence-electron chi connectivity index (χ1n) is 18.5. The van der Waals surface area contributed by atoms with Gasteiger partial charge in [-0.15, -0.1) is 0 Å². The van der Waals surface area contributed by atoms with Crippen molar-refractivity contribution in [3.8, 4) is 0 Å². The van der Waals surface area contributed by atoms with Gasteiger partial charge in [0.15, 0.2) is 6.61 Å². The van der Waals surface area contributed by atoms with E-state index in [2.05, 4.69) is 10.1 Å². The van der Waals surface area contributed by atoms with E-state index in [0.29, 0.717) is 16.7 Å². The fraction of sp³-hybridized carbons (Fsp3) is 0.273. The first-order chi connectivity index (χ1) is 27.9. The van der Waals surface area contributed by atoms with Crippen LogP contribution in [-0.4, -0.2) is 91.1 Å². The number of carbonyl (C=O) groups is 4. The number of carbonyl (C=O) groups excluding carboxylic acids is 4. The second-order valence-corrected chi connectivity index (χ2v) is 13.7. The number of nitrogens with zero attached hydrogens (tertiary/aromatic N) is 1. The van der Waals surface area contributed by atoms with E-state index in [1.807, 2.05) is 91.0 Å². The second kappa shape index (κ2) is 18.4. The normalized spacial score (nSPS) is 19.1. The summed E-state index contributed by atoms with van der Waals surface area (Å²) >= 11 is 0. The van der Waals surface area contributed by atoms with Crippen LogP contribution in [0.2, 0.25) is 0 Å². The van der Waals surface area contributed by atoms with Crippen molar-refractivity contribution in [2.45, 2.75) is 49.2 Å². The number of alkyl halides is 3. The Labute approximate surface area is 332 Å². The Morgan fingerprint density at radius 3 is 2.09 bits per heavy atom. The van der Waals surface area contributed by atoms with Crippen LogP contribution >= 0.6 is 0 Å². The van der Waals surface area contributed by atoms with Gasteiger partial charge in [0.2, 0.25) is 17.6 Å². The molecule has 4 aromatic rings. The maximum atomic E-state index is 14.4. The molecule has 302 valence electrons. The van der Waals surface area contributed by atoms with Crippen molar-refractivity contribution in [3.05, 3.63) is 161 Å². The van der Waals surface area contributed by atoms with E-state index in [9.17, 15) is 37.5 Å². The molecule has 4 unspecified atom stereocenters. The molecule has 1 heterocycles. The minimum absolute atomic E-state index is 0.00533. The van der Waals surface area contributed by atoms with Gasteiger partial charge in [-0.05, 0) is 35.4 Å². The Morgan fingerprint density at radius 2 is 1.50 bits per heavy atom. The number of halogens is 3. The number of amides is 2. The standard InChI is InChI=1S/C44H41F3N2O9/c1-49(35(40(52)48-23-24-50)25-30-11-5-2-6-12-30)41(53)32-26-36(56-42(54)31-20-17-29(18-21-31)19-22-38(51)55-28-43(45,46)47)39-37(27-32)57-44(58-39,33-13-7-3-8-14-33)34-15-9-4-10-16-34/h2-22,27,35-37,39,50H,23-26,28H2,1H3,(H,48,52). The number of likely N-dealkylation sites (N-methyl/N-ethyl adjacent to an activating group) is 1. The highest BCUT2D eigenvalue weighted by Crippen LogP contribution is 2.47. The van der Waals surface area contributed by atoms with Crippen LogP contribution < -0.4 is 5.32 Å². The molecule has 2 aliphatic rings. The smallest absolute Gasteiger partial charge is 0.422 e. The average molecular weight is 799 g/mol. The molecule has 0 spiro atoms. The molecule has 1 fully saturated rings. The summed E-state index contributed by atoms with van der Waals surface area (Å²) in [6, 6.07) is 32.4. The second-order valence-electron chi connectivity index (χ2n) is 13.7. The summed E-state index contributed by atoms with van der Waals surface area (Å²) in [5.74, 6) is -4.38. The summed E-state index contributed by atoms with van der Waals surface area (Å²) in [5.41, 5.74) is 2.84. The molecular formula is C44H41F3N2O9. The van der Waals surface area contributed by atoms with Crippen molar-refractivity contribution in [2.75, 3.05) is 26.8 Å². The number of nitrogens with one attached hydrogen (secondary N) is 1. The number of aliphatic hydroxyl groups is 1. The Morgan fingerprint density at radius 1 is 0.897 bits per heavy atom. The zero-order valence-electron chi connectivity index (χ0n) is 31.3. The highest BCUT2D eigenvalue weighted by molar-refractivity contribution is 5.97. The number of hydrogen-bond donors (Lipinski definition) is 2. The number of rotatable bonds is 14. The molecule has 4 aromatic carbocycles. The predicted octanol–water partition coefficient (Wildman–Crippen LogP) is 5.52. The molecule has 1 aliphatic carbocycles. The Balaban J connectivity index is 1.29. The molecule has 58 heavy (non-hydrogen) atoms. The summed E-state index contributed by atoms with van der Waals surface area (Å²) in [5, 5.41) is 12.1. The molecule has 11 nitrogen and oxygen atoms in total. The van der Waals surface area contributed by atoms with Gasteiger partial charge in [0, 0.05) is 49.2 Å². The zero-order chi connectivity index (χ0) is 41.3. The van der Waals surface area contributed by atoms with Crippen molar-refractivity contribution in [3.63, 3.8) is 0 Å². The van der Waals surface area contributed by atoms with Crippen molar-refractivity contribution in [1.82, 2.24) is 10.2 Å². The minimum atomic E-state index is -4.66. The van der Waals surface area contributed by atoms with E-state index in [4.69, 9.17) is 14.2 Å². The van der Waals surface area contributed by atoms with Crippen molar-refractivity contribution >= 4 is 29.8 Å². The molecule has 0 radical (unpaired) electrons. The topological polar surface area (TPSA) is 141 Å². The molecule has 1 aliphatic heterocycles. The molecule has 4 atom stereocenters. The number of aliphatic hydroxyl groups excluding tert-OH is 1. The number of fused-ring (bicyclic) bond motifs is 1. The molecule has 6 rings (SSSR count). The lowest BCUT2D eigenvalue weighted by Crippen LogP contribution is -2.51. The highest BCUT2D eigenvalue weighted by atomic mass is 19.4. The van der Waals surface area contributed by atoms with Crippen molar-refractivity contribution in [2.24, 2.45) is 0 Å². The first-order valence-corrected chi connectivity index (χ1v) is 18.5. The predicted molar refractivity (Wildman–Crippen MR) is 205 cm³/mol. The maximum Gasteiger partial charge on any atom is 0.422 e. The molecule has 0 saturated carbocycles. The minimum Gasteiger partial charge on any atom is -0.456 e. The van der Waals surface area contributed by atoms with Gasteiger partial charge >= 0.3 is 18.1 Å². The molecule has 14 heteroatoms. The first kappa shape index (κ1) is 41.5. The average Bonchev–Trinajstić information content (AvgIpc) is 3.65. The van der Waals surface area contributed by atoms with Gasteiger partial charge in [-0.1, -0.05) is 103 Å². The van der Waals surface area contributed by atoms with E-state index in [1.54, 1.807) is 6.08 Å². The fourth-order valence-corrected chi connectivity index (χ4v) is 6.79. The Hall–Kier alpha value is -6.09. The van der Waals surface area contributed by atoms with Crippen LogP contribution in [0.1, 0.15) is 39.0 Å². The van der Waals surface area contributed by atoms with Crippen LogP contribution in [0.3, 0.4) is 0 Å².